The first kappa shape index (κ1) is 18.9. The number of halogens is 3. The highest BCUT2D eigenvalue weighted by molar-refractivity contribution is 6.40. The van der Waals surface area contributed by atoms with Crippen molar-refractivity contribution in [2.24, 2.45) is 0 Å². The van der Waals surface area contributed by atoms with Gasteiger partial charge in [-0.25, -0.2) is 0 Å². The number of benzene rings is 1. The molecule has 0 aliphatic rings. The normalized spacial score (nSPS) is 13.3. The van der Waals surface area contributed by atoms with Crippen molar-refractivity contribution in [3.05, 3.63) is 27.2 Å². The molecule has 0 fully saturated rings. The molecule has 1 rings (SSSR count). The van der Waals surface area contributed by atoms with Crippen LogP contribution < -0.4 is 4.74 Å². The van der Waals surface area contributed by atoms with Crippen LogP contribution in [0.4, 0.5) is 0 Å². The lowest BCUT2D eigenvalue weighted by atomic mass is 10.2. The molecule has 1 atom stereocenters. The van der Waals surface area contributed by atoms with Crippen molar-refractivity contribution < 1.29 is 9.84 Å². The molecule has 1 aromatic rings. The molecule has 0 radical (unpaired) electrons. The summed E-state index contributed by atoms with van der Waals surface area (Å²) in [6, 6.07) is 3.82. The molecule has 0 heterocycles. The van der Waals surface area contributed by atoms with Crippen molar-refractivity contribution in [3.8, 4) is 5.75 Å². The highest BCUT2D eigenvalue weighted by Gasteiger charge is 2.19. The Bertz CT molecular complexity index is 435. The minimum Gasteiger partial charge on any atom is -0.488 e. The summed E-state index contributed by atoms with van der Waals surface area (Å²) in [6.45, 7) is 9.04. The number of aliphatic hydroxyl groups excluding tert-OH is 1. The predicted octanol–water partition coefficient (Wildman–Crippen LogP) is 4.51. The first-order valence-electron chi connectivity index (χ1n) is 6.93. The highest BCUT2D eigenvalue weighted by Crippen LogP contribution is 2.35. The van der Waals surface area contributed by atoms with Crippen LogP contribution in [0.5, 0.6) is 5.75 Å². The minimum absolute atomic E-state index is 0.122. The molecule has 3 nitrogen and oxygen atoms in total. The second-order valence-corrected chi connectivity index (χ2v) is 6.80. The Balaban J connectivity index is 2.63. The van der Waals surface area contributed by atoms with E-state index >= 15 is 0 Å². The van der Waals surface area contributed by atoms with Gasteiger partial charge in [0, 0.05) is 23.7 Å². The van der Waals surface area contributed by atoms with Crippen molar-refractivity contribution in [1.29, 1.82) is 0 Å². The Morgan fingerprint density at radius 2 is 1.52 bits per heavy atom. The summed E-state index contributed by atoms with van der Waals surface area (Å²) < 4.78 is 5.55. The van der Waals surface area contributed by atoms with E-state index in [1.807, 2.05) is 0 Å². The minimum atomic E-state index is -0.627. The molecule has 0 aliphatic carbocycles. The average molecular weight is 355 g/mol. The molecule has 21 heavy (non-hydrogen) atoms. The van der Waals surface area contributed by atoms with E-state index in [-0.39, 0.29) is 6.61 Å². The van der Waals surface area contributed by atoms with Gasteiger partial charge in [0.05, 0.1) is 10.0 Å². The average Bonchev–Trinajstić information content (AvgIpc) is 2.33. The molecule has 0 aliphatic heterocycles. The number of ether oxygens (including phenoxy) is 1. The predicted molar refractivity (Wildman–Crippen MR) is 90.0 cm³/mol. The molecule has 0 saturated heterocycles. The van der Waals surface area contributed by atoms with Crippen molar-refractivity contribution in [2.75, 3.05) is 13.2 Å². The Morgan fingerprint density at radius 3 is 1.95 bits per heavy atom. The second kappa shape index (κ2) is 8.44. The zero-order valence-corrected chi connectivity index (χ0v) is 15.0. The van der Waals surface area contributed by atoms with Crippen LogP contribution in [0.1, 0.15) is 27.7 Å². The summed E-state index contributed by atoms with van der Waals surface area (Å²) in [7, 11) is 0. The van der Waals surface area contributed by atoms with Crippen molar-refractivity contribution in [2.45, 2.75) is 45.9 Å². The van der Waals surface area contributed by atoms with E-state index in [4.69, 9.17) is 39.5 Å². The zero-order chi connectivity index (χ0) is 16.2. The molecule has 1 N–H and O–H groups in total. The number of aliphatic hydroxyl groups is 1. The van der Waals surface area contributed by atoms with Gasteiger partial charge in [0.1, 0.15) is 12.7 Å². The maximum atomic E-state index is 10.1. The van der Waals surface area contributed by atoms with Crippen LogP contribution in [0.25, 0.3) is 0 Å². The molecular weight excluding hydrogens is 333 g/mol. The fourth-order valence-corrected chi connectivity index (χ4v) is 3.09. The maximum absolute atomic E-state index is 10.1. The Labute approximate surface area is 141 Å². The van der Waals surface area contributed by atoms with Crippen LogP contribution in [0, 0.1) is 0 Å². The summed E-state index contributed by atoms with van der Waals surface area (Å²) in [6.07, 6.45) is -0.627. The molecule has 0 aromatic heterocycles. The van der Waals surface area contributed by atoms with Crippen LogP contribution in [0.15, 0.2) is 12.1 Å². The zero-order valence-electron chi connectivity index (χ0n) is 12.7. The number of hydrogen-bond acceptors (Lipinski definition) is 3. The smallest absolute Gasteiger partial charge is 0.156 e. The monoisotopic (exact) mass is 353 g/mol. The number of rotatable bonds is 7. The van der Waals surface area contributed by atoms with E-state index < -0.39 is 6.10 Å². The standard InChI is InChI=1S/C15H22Cl3NO2/c1-9(2)19(10(3)4)7-12(20)8-21-15-13(17)5-11(16)6-14(15)18/h5-6,9-10,12,20H,7-8H2,1-4H3. The maximum Gasteiger partial charge on any atom is 0.156 e. The number of nitrogens with zero attached hydrogens (tertiary/aromatic N) is 1. The molecule has 0 bridgehead atoms. The first-order valence-corrected chi connectivity index (χ1v) is 8.07. The van der Waals surface area contributed by atoms with Gasteiger partial charge in [0.2, 0.25) is 0 Å². The Kier molecular flexibility index (Phi) is 7.58. The third kappa shape index (κ3) is 5.84. The summed E-state index contributed by atoms with van der Waals surface area (Å²) in [5.74, 6) is 0.349. The summed E-state index contributed by atoms with van der Waals surface area (Å²) >= 11 is 17.9. The Morgan fingerprint density at radius 1 is 1.05 bits per heavy atom. The lowest BCUT2D eigenvalue weighted by Gasteiger charge is -2.32. The van der Waals surface area contributed by atoms with E-state index in [1.165, 1.54) is 0 Å². The van der Waals surface area contributed by atoms with Crippen LogP contribution in [0.2, 0.25) is 15.1 Å². The lowest BCUT2D eigenvalue weighted by Crippen LogP contribution is -2.43. The molecule has 1 aromatic carbocycles. The molecule has 120 valence electrons. The number of hydrogen-bond donors (Lipinski definition) is 1. The van der Waals surface area contributed by atoms with E-state index in [1.54, 1.807) is 12.1 Å². The Hall–Kier alpha value is -0.190. The fourth-order valence-electron chi connectivity index (χ4n) is 2.16. The van der Waals surface area contributed by atoms with E-state index in [9.17, 15) is 5.11 Å². The van der Waals surface area contributed by atoms with Crippen molar-refractivity contribution in [1.82, 2.24) is 4.90 Å². The van der Waals surface area contributed by atoms with Crippen LogP contribution in [-0.4, -0.2) is 41.3 Å². The lowest BCUT2D eigenvalue weighted by molar-refractivity contribution is 0.0446. The van der Waals surface area contributed by atoms with E-state index in [0.717, 1.165) is 0 Å². The molecule has 0 amide bonds. The molecule has 1 unspecified atom stereocenters. The van der Waals surface area contributed by atoms with Gasteiger partial charge in [-0.2, -0.15) is 0 Å². The topological polar surface area (TPSA) is 32.7 Å². The van der Waals surface area contributed by atoms with E-state index in [0.29, 0.717) is 39.4 Å². The van der Waals surface area contributed by atoms with Gasteiger partial charge in [-0.15, -0.1) is 0 Å². The molecule has 0 spiro atoms. The van der Waals surface area contributed by atoms with Crippen LogP contribution in [-0.2, 0) is 0 Å². The first-order chi connectivity index (χ1) is 9.72. The van der Waals surface area contributed by atoms with Gasteiger partial charge in [-0.3, -0.25) is 4.90 Å². The van der Waals surface area contributed by atoms with Gasteiger partial charge in [-0.05, 0) is 39.8 Å². The SMILES string of the molecule is CC(C)N(CC(O)COc1c(Cl)cc(Cl)cc1Cl)C(C)C. The third-order valence-corrected chi connectivity index (χ3v) is 3.91. The third-order valence-electron chi connectivity index (χ3n) is 3.13. The summed E-state index contributed by atoms with van der Waals surface area (Å²) in [5, 5.41) is 11.3. The summed E-state index contributed by atoms with van der Waals surface area (Å²) in [4.78, 5) is 2.19. The van der Waals surface area contributed by atoms with Crippen molar-refractivity contribution in [3.63, 3.8) is 0 Å². The second-order valence-electron chi connectivity index (χ2n) is 5.55. The molecular formula is C15H22Cl3NO2. The molecule has 6 heteroatoms. The van der Waals surface area contributed by atoms with Gasteiger partial charge < -0.3 is 9.84 Å². The van der Waals surface area contributed by atoms with Crippen LogP contribution >= 0.6 is 34.8 Å². The van der Waals surface area contributed by atoms with Gasteiger partial charge >= 0.3 is 0 Å². The van der Waals surface area contributed by atoms with Gasteiger partial charge in [-0.1, -0.05) is 34.8 Å². The summed E-state index contributed by atoms with van der Waals surface area (Å²) in [5.41, 5.74) is 0. The largest absolute Gasteiger partial charge is 0.488 e. The fraction of sp³-hybridized carbons (Fsp3) is 0.600. The quantitative estimate of drug-likeness (QED) is 0.782. The van der Waals surface area contributed by atoms with Gasteiger partial charge in [0.25, 0.3) is 0 Å². The van der Waals surface area contributed by atoms with Gasteiger partial charge in [0.15, 0.2) is 5.75 Å². The molecule has 0 saturated carbocycles. The van der Waals surface area contributed by atoms with Crippen molar-refractivity contribution >= 4 is 34.8 Å². The highest BCUT2D eigenvalue weighted by atomic mass is 35.5. The van der Waals surface area contributed by atoms with Crippen LogP contribution in [0.3, 0.4) is 0 Å². The van der Waals surface area contributed by atoms with E-state index in [2.05, 4.69) is 32.6 Å².